The molecule has 4 rings (SSSR count). The molecule has 2 aliphatic heterocycles. The molecule has 1 amide bonds. The van der Waals surface area contributed by atoms with Crippen molar-refractivity contribution in [2.24, 2.45) is 0 Å². The smallest absolute Gasteiger partial charge is 0.267 e. The Labute approximate surface area is 173 Å². The van der Waals surface area contributed by atoms with Crippen molar-refractivity contribution < 1.29 is 4.79 Å². The fraction of sp³-hybridized carbons (Fsp3) is 0.400. The third-order valence-corrected chi connectivity index (χ3v) is 6.34. The molecule has 2 fully saturated rings. The quantitative estimate of drug-likeness (QED) is 0.568. The molecule has 2 saturated heterocycles. The van der Waals surface area contributed by atoms with Crippen LogP contribution in [-0.2, 0) is 4.79 Å². The second-order valence-corrected chi connectivity index (χ2v) is 9.10. The van der Waals surface area contributed by atoms with Crippen LogP contribution < -0.4 is 10.5 Å². The molecule has 0 unspecified atom stereocenters. The molecule has 146 valence electrons. The zero-order chi connectivity index (χ0) is 20.0. The van der Waals surface area contributed by atoms with Crippen molar-refractivity contribution in [3.63, 3.8) is 0 Å². The van der Waals surface area contributed by atoms with Gasteiger partial charge in [-0.2, -0.15) is 0 Å². The highest BCUT2D eigenvalue weighted by Crippen LogP contribution is 2.35. The number of rotatable bonds is 3. The summed E-state index contributed by atoms with van der Waals surface area (Å²) in [5, 5.41) is 0. The van der Waals surface area contributed by atoms with Crippen LogP contribution in [0.25, 0.3) is 11.7 Å². The van der Waals surface area contributed by atoms with Crippen LogP contribution in [0.5, 0.6) is 0 Å². The van der Waals surface area contributed by atoms with Crippen molar-refractivity contribution in [3.05, 3.63) is 44.7 Å². The van der Waals surface area contributed by atoms with Gasteiger partial charge in [0, 0.05) is 25.3 Å². The van der Waals surface area contributed by atoms with Gasteiger partial charge in [0.1, 0.15) is 15.8 Å². The summed E-state index contributed by atoms with van der Waals surface area (Å²) in [7, 11) is 0. The number of anilines is 1. The molecule has 6 nitrogen and oxygen atoms in total. The number of thiocarbonyl (C=S) groups is 1. The summed E-state index contributed by atoms with van der Waals surface area (Å²) in [4.78, 5) is 35.1. The Hall–Kier alpha value is -2.19. The molecule has 0 aliphatic carbocycles. The van der Waals surface area contributed by atoms with Crippen LogP contribution >= 0.6 is 24.0 Å². The fourth-order valence-electron chi connectivity index (χ4n) is 3.60. The number of carbonyl (C=O) groups is 1. The Bertz CT molecular complexity index is 1070. The van der Waals surface area contributed by atoms with Crippen molar-refractivity contribution in [3.8, 4) is 0 Å². The first-order valence-electron chi connectivity index (χ1n) is 9.42. The fourth-order valence-corrected chi connectivity index (χ4v) is 5.11. The van der Waals surface area contributed by atoms with E-state index < -0.39 is 0 Å². The minimum Gasteiger partial charge on any atom is -0.356 e. The Balaban J connectivity index is 1.91. The molecule has 0 radical (unpaired) electrons. The van der Waals surface area contributed by atoms with Crippen molar-refractivity contribution in [1.29, 1.82) is 0 Å². The summed E-state index contributed by atoms with van der Waals surface area (Å²) in [5.74, 6) is 0.507. The first-order chi connectivity index (χ1) is 13.4. The van der Waals surface area contributed by atoms with E-state index in [2.05, 4.69) is 4.90 Å². The molecule has 2 aliphatic rings. The molecule has 0 atom stereocenters. The van der Waals surface area contributed by atoms with Crippen LogP contribution in [0.1, 0.15) is 37.8 Å². The summed E-state index contributed by atoms with van der Waals surface area (Å²) in [5.41, 5.74) is 1.88. The predicted molar refractivity (Wildman–Crippen MR) is 118 cm³/mol. The number of pyridine rings is 1. The largest absolute Gasteiger partial charge is 0.356 e. The number of nitrogens with zero attached hydrogens (tertiary/aromatic N) is 4. The Morgan fingerprint density at radius 3 is 2.57 bits per heavy atom. The SMILES string of the molecule is Cc1ccc2nc(N3CCCC3)c(C=C3SC(=S)N(C(C)C)C3=O)c(=O)n2c1. The Morgan fingerprint density at radius 1 is 1.21 bits per heavy atom. The molecule has 2 aromatic rings. The summed E-state index contributed by atoms with van der Waals surface area (Å²) in [6, 6.07) is 3.79. The van der Waals surface area contributed by atoms with Crippen LogP contribution in [-0.4, -0.2) is 43.6 Å². The monoisotopic (exact) mass is 414 g/mol. The van der Waals surface area contributed by atoms with Gasteiger partial charge in [-0.15, -0.1) is 0 Å². The second kappa shape index (κ2) is 7.33. The number of thioether (sulfide) groups is 1. The number of hydrogen-bond donors (Lipinski definition) is 0. The van der Waals surface area contributed by atoms with E-state index >= 15 is 0 Å². The normalized spacial score (nSPS) is 19.1. The van der Waals surface area contributed by atoms with Crippen molar-refractivity contribution in [2.45, 2.75) is 39.7 Å². The summed E-state index contributed by atoms with van der Waals surface area (Å²) < 4.78 is 2.09. The van der Waals surface area contributed by atoms with Crippen molar-refractivity contribution in [2.75, 3.05) is 18.0 Å². The number of carbonyl (C=O) groups excluding carboxylic acids is 1. The average Bonchev–Trinajstić information content (AvgIpc) is 3.26. The predicted octanol–water partition coefficient (Wildman–Crippen LogP) is 3.21. The molecule has 0 aromatic carbocycles. The highest BCUT2D eigenvalue weighted by Gasteiger charge is 2.34. The first-order valence-corrected chi connectivity index (χ1v) is 10.6. The lowest BCUT2D eigenvalue weighted by molar-refractivity contribution is -0.123. The highest BCUT2D eigenvalue weighted by molar-refractivity contribution is 8.26. The number of aromatic nitrogens is 2. The van der Waals surface area contributed by atoms with Gasteiger partial charge in [0.2, 0.25) is 0 Å². The Kier molecular flexibility index (Phi) is 5.01. The molecule has 0 N–H and O–H groups in total. The van der Waals surface area contributed by atoms with Crippen LogP contribution in [0.2, 0.25) is 0 Å². The van der Waals surface area contributed by atoms with Crippen LogP contribution in [0.3, 0.4) is 0 Å². The molecular formula is C20H22N4O2S2. The summed E-state index contributed by atoms with van der Waals surface area (Å²) >= 11 is 6.62. The topological polar surface area (TPSA) is 57.9 Å². The molecule has 0 bridgehead atoms. The zero-order valence-corrected chi connectivity index (χ0v) is 17.8. The van der Waals surface area contributed by atoms with E-state index in [0.717, 1.165) is 31.5 Å². The molecule has 2 aromatic heterocycles. The first kappa shape index (κ1) is 19.1. The maximum atomic E-state index is 13.3. The van der Waals surface area contributed by atoms with Crippen LogP contribution in [0, 0.1) is 6.92 Å². The molecule has 4 heterocycles. The van der Waals surface area contributed by atoms with E-state index in [0.29, 0.717) is 26.3 Å². The molecule has 0 spiro atoms. The van der Waals surface area contributed by atoms with Crippen LogP contribution in [0.4, 0.5) is 5.82 Å². The Morgan fingerprint density at radius 2 is 1.93 bits per heavy atom. The lowest BCUT2D eigenvalue weighted by atomic mass is 10.2. The standard InChI is InChI=1S/C20H22N4O2S2/c1-12(2)24-19(26)15(28-20(24)27)10-14-17(22-8-4-5-9-22)21-16-7-6-13(3)11-23(16)18(14)25/h6-7,10-12H,4-5,8-9H2,1-3H3. The lowest BCUT2D eigenvalue weighted by Crippen LogP contribution is -2.34. The highest BCUT2D eigenvalue weighted by atomic mass is 32.2. The third kappa shape index (κ3) is 3.24. The number of hydrogen-bond acceptors (Lipinski definition) is 6. The zero-order valence-electron chi connectivity index (χ0n) is 16.1. The van der Waals surface area contributed by atoms with Crippen molar-refractivity contribution >= 4 is 51.7 Å². The lowest BCUT2D eigenvalue weighted by Gasteiger charge is -2.20. The van der Waals surface area contributed by atoms with E-state index in [9.17, 15) is 9.59 Å². The summed E-state index contributed by atoms with van der Waals surface area (Å²) in [6.07, 6.45) is 5.61. The van der Waals surface area contributed by atoms with Gasteiger partial charge in [0.15, 0.2) is 0 Å². The molecular weight excluding hydrogens is 392 g/mol. The number of fused-ring (bicyclic) bond motifs is 1. The van der Waals surface area contributed by atoms with Crippen LogP contribution in [0.15, 0.2) is 28.0 Å². The maximum Gasteiger partial charge on any atom is 0.267 e. The number of amides is 1. The van der Waals surface area contributed by atoms with Gasteiger partial charge in [-0.25, -0.2) is 4.98 Å². The molecule has 8 heteroatoms. The van der Waals surface area contributed by atoms with Gasteiger partial charge in [-0.1, -0.05) is 30.0 Å². The molecule has 28 heavy (non-hydrogen) atoms. The van der Waals surface area contributed by atoms with E-state index in [1.54, 1.807) is 21.6 Å². The third-order valence-electron chi connectivity index (χ3n) is 5.01. The molecule has 0 saturated carbocycles. The maximum absolute atomic E-state index is 13.3. The van der Waals surface area contributed by atoms with E-state index in [-0.39, 0.29) is 17.5 Å². The van der Waals surface area contributed by atoms with Gasteiger partial charge < -0.3 is 4.90 Å². The van der Waals surface area contributed by atoms with Gasteiger partial charge in [-0.05, 0) is 51.3 Å². The van der Waals surface area contributed by atoms with E-state index in [1.807, 2.05) is 32.9 Å². The van der Waals surface area contributed by atoms with E-state index in [1.165, 1.54) is 11.8 Å². The minimum atomic E-state index is -0.162. The number of aryl methyl sites for hydroxylation is 1. The summed E-state index contributed by atoms with van der Waals surface area (Å²) in [6.45, 7) is 7.52. The average molecular weight is 415 g/mol. The van der Waals surface area contributed by atoms with Gasteiger partial charge >= 0.3 is 0 Å². The second-order valence-electron chi connectivity index (χ2n) is 7.43. The van der Waals surface area contributed by atoms with E-state index in [4.69, 9.17) is 17.2 Å². The van der Waals surface area contributed by atoms with Gasteiger partial charge in [-0.3, -0.25) is 18.9 Å². The van der Waals surface area contributed by atoms with Gasteiger partial charge in [0.25, 0.3) is 11.5 Å². The van der Waals surface area contributed by atoms with Gasteiger partial charge in [0.05, 0.1) is 10.5 Å². The van der Waals surface area contributed by atoms with Crippen molar-refractivity contribution in [1.82, 2.24) is 14.3 Å². The minimum absolute atomic E-state index is 0.0186.